The van der Waals surface area contributed by atoms with Crippen molar-refractivity contribution in [3.05, 3.63) is 75.1 Å². The Hall–Kier alpha value is -4.08. The van der Waals surface area contributed by atoms with Gasteiger partial charge >= 0.3 is 5.69 Å². The molecule has 3 aromatic rings. The van der Waals surface area contributed by atoms with Gasteiger partial charge < -0.3 is 19.5 Å². The van der Waals surface area contributed by atoms with E-state index in [1.165, 1.54) is 27.4 Å². The number of hydrogen-bond acceptors (Lipinski definition) is 7. The van der Waals surface area contributed by atoms with E-state index in [1.54, 1.807) is 6.20 Å². The minimum atomic E-state index is -0.653. The van der Waals surface area contributed by atoms with Crippen LogP contribution in [-0.4, -0.2) is 41.9 Å². The van der Waals surface area contributed by atoms with Gasteiger partial charge in [-0.15, -0.1) is 0 Å². The van der Waals surface area contributed by atoms with Crippen molar-refractivity contribution in [1.29, 1.82) is 0 Å². The number of carbonyl (C=O) groups is 1. The topological polar surface area (TPSA) is 118 Å². The zero-order valence-corrected chi connectivity index (χ0v) is 19.2. The summed E-state index contributed by atoms with van der Waals surface area (Å²) in [6, 6.07) is 11.0. The van der Waals surface area contributed by atoms with Crippen LogP contribution in [0.3, 0.4) is 0 Å². The Morgan fingerprint density at radius 3 is 2.56 bits per heavy atom. The van der Waals surface area contributed by atoms with Crippen molar-refractivity contribution in [3.8, 4) is 17.2 Å². The van der Waals surface area contributed by atoms with Crippen LogP contribution in [0.25, 0.3) is 0 Å². The molecule has 1 aromatic heterocycles. The number of rotatable bonds is 8. The average molecular weight is 466 g/mol. The van der Waals surface area contributed by atoms with Crippen molar-refractivity contribution in [2.24, 2.45) is 0 Å². The molecular formula is C24H26N4O6. The molecule has 10 nitrogen and oxygen atoms in total. The van der Waals surface area contributed by atoms with Crippen LogP contribution in [0, 0.1) is 10.1 Å². The lowest BCUT2D eigenvalue weighted by Crippen LogP contribution is -2.31. The first-order valence-corrected chi connectivity index (χ1v) is 10.8. The van der Waals surface area contributed by atoms with Gasteiger partial charge in [-0.1, -0.05) is 30.3 Å². The fourth-order valence-corrected chi connectivity index (χ4v) is 4.39. The van der Waals surface area contributed by atoms with Gasteiger partial charge in [0.15, 0.2) is 5.75 Å². The molecule has 0 saturated carbocycles. The van der Waals surface area contributed by atoms with Crippen LogP contribution < -0.4 is 19.5 Å². The number of nitro benzene ring substituents is 1. The molecule has 178 valence electrons. The monoisotopic (exact) mass is 466 g/mol. The third-order valence-electron chi connectivity index (χ3n) is 5.97. The van der Waals surface area contributed by atoms with E-state index in [-0.39, 0.29) is 28.9 Å². The number of aromatic nitrogens is 2. The van der Waals surface area contributed by atoms with E-state index in [2.05, 4.69) is 10.4 Å². The highest BCUT2D eigenvalue weighted by atomic mass is 16.6. The van der Waals surface area contributed by atoms with Crippen LogP contribution in [0.1, 0.15) is 46.1 Å². The van der Waals surface area contributed by atoms with E-state index in [4.69, 9.17) is 14.2 Å². The number of benzene rings is 2. The van der Waals surface area contributed by atoms with Crippen LogP contribution in [0.4, 0.5) is 5.69 Å². The van der Waals surface area contributed by atoms with E-state index in [0.717, 1.165) is 29.7 Å². The second kappa shape index (κ2) is 9.82. The summed E-state index contributed by atoms with van der Waals surface area (Å²) in [6.45, 7) is 0.634. The van der Waals surface area contributed by atoms with Gasteiger partial charge in [0.2, 0.25) is 11.5 Å². The normalized spacial score (nSPS) is 14.7. The molecule has 0 fully saturated rings. The lowest BCUT2D eigenvalue weighted by molar-refractivity contribution is -0.386. The van der Waals surface area contributed by atoms with Crippen molar-refractivity contribution in [3.63, 3.8) is 0 Å². The maximum absolute atomic E-state index is 13.3. The molecule has 0 spiro atoms. The van der Waals surface area contributed by atoms with Gasteiger partial charge in [0.05, 0.1) is 45.0 Å². The van der Waals surface area contributed by atoms with Gasteiger partial charge in [-0.05, 0) is 24.8 Å². The van der Waals surface area contributed by atoms with Crippen molar-refractivity contribution < 1.29 is 23.9 Å². The summed E-state index contributed by atoms with van der Waals surface area (Å²) in [5.41, 5.74) is 2.47. The highest BCUT2D eigenvalue weighted by Crippen LogP contribution is 2.46. The first-order chi connectivity index (χ1) is 16.5. The van der Waals surface area contributed by atoms with Crippen molar-refractivity contribution in [2.75, 3.05) is 21.3 Å². The van der Waals surface area contributed by atoms with E-state index in [9.17, 15) is 14.9 Å². The number of hydrogen-bond donors (Lipinski definition) is 1. The fourth-order valence-electron chi connectivity index (χ4n) is 4.39. The molecular weight excluding hydrogens is 440 g/mol. The van der Waals surface area contributed by atoms with Crippen molar-refractivity contribution >= 4 is 11.6 Å². The van der Waals surface area contributed by atoms with E-state index < -0.39 is 16.5 Å². The summed E-state index contributed by atoms with van der Waals surface area (Å²) in [5.74, 6) is -0.554. The van der Waals surface area contributed by atoms with E-state index >= 15 is 0 Å². The van der Waals surface area contributed by atoms with Gasteiger partial charge in [0.1, 0.15) is 5.56 Å². The molecule has 0 bridgehead atoms. The van der Waals surface area contributed by atoms with Gasteiger partial charge in [0, 0.05) is 17.3 Å². The molecule has 1 N–H and O–H groups in total. The molecule has 1 aliphatic carbocycles. The number of ether oxygens (including phenoxy) is 3. The first kappa shape index (κ1) is 23.1. The molecule has 0 radical (unpaired) electrons. The maximum Gasteiger partial charge on any atom is 0.327 e. The average Bonchev–Trinajstić information content (AvgIpc) is 3.26. The molecule has 1 atom stereocenters. The highest BCUT2D eigenvalue weighted by Gasteiger charge is 2.34. The van der Waals surface area contributed by atoms with Crippen molar-refractivity contribution in [2.45, 2.75) is 31.8 Å². The predicted octanol–water partition coefficient (Wildman–Crippen LogP) is 3.67. The fraction of sp³-hybridized carbons (Fsp3) is 0.333. The van der Waals surface area contributed by atoms with Gasteiger partial charge in [0.25, 0.3) is 5.91 Å². The molecule has 1 heterocycles. The SMILES string of the molecule is COc1cc(C(=O)NC2CCCc3c2cnn3Cc2ccccc2)c([N+](=O)[O-])c(OC)c1OC. The van der Waals surface area contributed by atoms with E-state index in [0.29, 0.717) is 13.0 Å². The number of methoxy groups -OCH3 is 3. The smallest absolute Gasteiger partial charge is 0.327 e. The zero-order valence-electron chi connectivity index (χ0n) is 19.2. The summed E-state index contributed by atoms with van der Waals surface area (Å²) < 4.78 is 17.7. The van der Waals surface area contributed by atoms with Gasteiger partial charge in [-0.25, -0.2) is 0 Å². The molecule has 1 unspecified atom stereocenters. The third-order valence-corrected chi connectivity index (χ3v) is 5.97. The van der Waals surface area contributed by atoms with Crippen LogP contribution in [0.2, 0.25) is 0 Å². The Morgan fingerprint density at radius 2 is 1.91 bits per heavy atom. The molecule has 4 rings (SSSR count). The Bertz CT molecular complexity index is 1210. The van der Waals surface area contributed by atoms with Crippen LogP contribution in [0.5, 0.6) is 17.2 Å². The Labute approximate surface area is 196 Å². The molecule has 2 aromatic carbocycles. The maximum atomic E-state index is 13.3. The Kier molecular flexibility index (Phi) is 6.67. The standard InChI is InChI=1S/C24H26N4O6/c1-32-20-12-16(21(28(30)31)23(34-3)22(20)33-2)24(29)26-18-10-7-11-19-17(18)13-25-27(19)14-15-8-5-4-6-9-15/h4-6,8-9,12-13,18H,7,10-11,14H2,1-3H3,(H,26,29). The summed E-state index contributed by atoms with van der Waals surface area (Å²) in [5, 5.41) is 19.4. The first-order valence-electron chi connectivity index (χ1n) is 10.8. The van der Waals surface area contributed by atoms with Crippen molar-refractivity contribution in [1.82, 2.24) is 15.1 Å². The largest absolute Gasteiger partial charge is 0.493 e. The third kappa shape index (κ3) is 4.26. The number of nitrogens with zero attached hydrogens (tertiary/aromatic N) is 3. The van der Waals surface area contributed by atoms with Crippen LogP contribution in [-0.2, 0) is 13.0 Å². The second-order valence-corrected chi connectivity index (χ2v) is 7.91. The number of amides is 1. The van der Waals surface area contributed by atoms with Crippen LogP contribution in [0.15, 0.2) is 42.6 Å². The lowest BCUT2D eigenvalue weighted by atomic mass is 9.92. The molecule has 34 heavy (non-hydrogen) atoms. The second-order valence-electron chi connectivity index (χ2n) is 7.91. The summed E-state index contributed by atoms with van der Waals surface area (Å²) >= 11 is 0. The summed E-state index contributed by atoms with van der Waals surface area (Å²) in [6.07, 6.45) is 4.18. The Balaban J connectivity index is 1.65. The molecule has 1 amide bonds. The summed E-state index contributed by atoms with van der Waals surface area (Å²) in [4.78, 5) is 24.5. The minimum Gasteiger partial charge on any atom is -0.493 e. The minimum absolute atomic E-state index is 0.0513. The zero-order chi connectivity index (χ0) is 24.2. The lowest BCUT2D eigenvalue weighted by Gasteiger charge is -2.24. The van der Waals surface area contributed by atoms with Gasteiger partial charge in [-0.2, -0.15) is 5.10 Å². The quantitative estimate of drug-likeness (QED) is 0.397. The number of nitrogens with one attached hydrogen (secondary N) is 1. The number of fused-ring (bicyclic) bond motifs is 1. The van der Waals surface area contributed by atoms with Gasteiger partial charge in [-0.3, -0.25) is 19.6 Å². The highest BCUT2D eigenvalue weighted by molar-refractivity contribution is 6.01. The molecule has 10 heteroatoms. The number of nitro groups is 1. The molecule has 1 aliphatic rings. The summed E-state index contributed by atoms with van der Waals surface area (Å²) in [7, 11) is 4.01. The molecule has 0 saturated heterocycles. The van der Waals surface area contributed by atoms with E-state index in [1.807, 2.05) is 35.0 Å². The Morgan fingerprint density at radius 1 is 1.18 bits per heavy atom. The predicted molar refractivity (Wildman–Crippen MR) is 124 cm³/mol. The number of carbonyl (C=O) groups excluding carboxylic acids is 1. The van der Waals surface area contributed by atoms with Crippen LogP contribution >= 0.6 is 0 Å². The molecule has 0 aliphatic heterocycles.